The number of aromatic nitrogens is 7. The Morgan fingerprint density at radius 3 is 1.80 bits per heavy atom. The van der Waals surface area contributed by atoms with Crippen LogP contribution in [0.5, 0.6) is 5.75 Å². The number of nitrogens with zero attached hydrogens (tertiary/aromatic N) is 7. The Morgan fingerprint density at radius 1 is 0.658 bits per heavy atom. The molecule has 12 rings (SSSR count). The van der Waals surface area contributed by atoms with Crippen LogP contribution in [0.25, 0.3) is 56.1 Å². The molecule has 76 heavy (non-hydrogen) atoms. The molecule has 3 aromatic carbocycles. The molecule has 0 radical (unpaired) electrons. The molecular weight excluding hydrogens is 975 g/mol. The number of alkyl carbamates (subject to hydrolysis) is 2. The number of H-pyrrole nitrogens is 2. The minimum absolute atomic E-state index is 0.0715. The summed E-state index contributed by atoms with van der Waals surface area (Å²) in [6.45, 7) is 3.20. The molecule has 4 aromatic heterocycles. The highest BCUT2D eigenvalue weighted by Crippen LogP contribution is 2.46. The van der Waals surface area contributed by atoms with Gasteiger partial charge in [0.15, 0.2) is 0 Å². The molecule has 4 saturated heterocycles. The second-order valence-electron chi connectivity index (χ2n) is 20.0. The maximum Gasteiger partial charge on any atom is 0.407 e. The number of likely N-dealkylation sites (tertiary alicyclic amines) is 2. The van der Waals surface area contributed by atoms with Crippen LogP contribution >= 0.6 is 0 Å². The van der Waals surface area contributed by atoms with Crippen molar-refractivity contribution in [3.05, 3.63) is 103 Å². The number of benzene rings is 3. The predicted octanol–water partition coefficient (Wildman–Crippen LogP) is 7.71. The number of hydrogen-bond acceptors (Lipinski definition) is 14. The molecule has 5 atom stereocenters. The van der Waals surface area contributed by atoms with Crippen LogP contribution in [-0.4, -0.2) is 134 Å². The molecule has 0 spiro atoms. The Morgan fingerprint density at radius 2 is 1.22 bits per heavy atom. The van der Waals surface area contributed by atoms with E-state index in [1.54, 1.807) is 12.4 Å². The summed E-state index contributed by atoms with van der Waals surface area (Å²) in [6.07, 6.45) is 7.13. The third-order valence-electron chi connectivity index (χ3n) is 15.7. The number of carbonyl (C=O) groups excluding carboxylic acids is 4. The zero-order valence-electron chi connectivity index (χ0n) is 42.2. The van der Waals surface area contributed by atoms with Crippen LogP contribution in [0.2, 0.25) is 0 Å². The summed E-state index contributed by atoms with van der Waals surface area (Å²) in [5.74, 6) is 2.10. The zero-order valence-corrected chi connectivity index (χ0v) is 42.2. The minimum atomic E-state index is -0.841. The largest absolute Gasteiger partial charge is 0.460 e. The van der Waals surface area contributed by atoms with E-state index in [1.165, 1.54) is 14.2 Å². The Hall–Kier alpha value is -8.04. The quantitative estimate of drug-likeness (QED) is 0.0916. The molecule has 2 unspecified atom stereocenters. The lowest BCUT2D eigenvalue weighted by Gasteiger charge is -2.34. The van der Waals surface area contributed by atoms with E-state index in [0.717, 1.165) is 69.5 Å². The number of hydrogen-bond donors (Lipinski definition) is 4. The summed E-state index contributed by atoms with van der Waals surface area (Å²) in [6, 6.07) is 21.8. The predicted molar refractivity (Wildman–Crippen MR) is 274 cm³/mol. The second kappa shape index (κ2) is 20.9. The fourth-order valence-electron chi connectivity index (χ4n) is 11.8. The van der Waals surface area contributed by atoms with Gasteiger partial charge in [0, 0.05) is 67.2 Å². The first-order valence-electron chi connectivity index (χ1n) is 26.1. The fourth-order valence-corrected chi connectivity index (χ4v) is 11.8. The molecule has 5 aliphatic heterocycles. The summed E-state index contributed by atoms with van der Waals surface area (Å²) in [5, 5.41) is 15.6. The van der Waals surface area contributed by atoms with E-state index in [-0.39, 0.29) is 41.6 Å². The monoisotopic (exact) mass is 1030 g/mol. The molecule has 0 bridgehead atoms. The van der Waals surface area contributed by atoms with Crippen molar-refractivity contribution < 1.29 is 47.3 Å². The Bertz CT molecular complexity index is 3260. The number of carbonyl (C=O) groups is 4. The van der Waals surface area contributed by atoms with Gasteiger partial charge in [-0.05, 0) is 106 Å². The van der Waals surface area contributed by atoms with Gasteiger partial charge in [-0.2, -0.15) is 0 Å². The Balaban J connectivity index is 0.842. The molecule has 9 heterocycles. The van der Waals surface area contributed by atoms with Crippen LogP contribution in [0.15, 0.2) is 89.6 Å². The van der Waals surface area contributed by atoms with Gasteiger partial charge < -0.3 is 58.5 Å². The van der Waals surface area contributed by atoms with Gasteiger partial charge in [0.25, 0.3) is 12.1 Å². The van der Waals surface area contributed by atoms with Gasteiger partial charge in [-0.15, -0.1) is 10.2 Å². The summed E-state index contributed by atoms with van der Waals surface area (Å²) >= 11 is 0. The average molecular weight is 1030 g/mol. The zero-order chi connectivity index (χ0) is 51.9. The Labute approximate surface area is 437 Å². The molecule has 21 nitrogen and oxygen atoms in total. The molecule has 21 heteroatoms. The van der Waals surface area contributed by atoms with Crippen LogP contribution < -0.4 is 15.4 Å². The number of amides is 4. The number of ether oxygens (including phenoxy) is 5. The lowest BCUT2D eigenvalue weighted by atomic mass is 9.90. The number of nitrogens with one attached hydrogen (secondary N) is 4. The van der Waals surface area contributed by atoms with Crippen molar-refractivity contribution in [3.63, 3.8) is 0 Å². The summed E-state index contributed by atoms with van der Waals surface area (Å²) in [5.41, 5.74) is 6.62. The number of fused-ring (bicyclic) bond motifs is 5. The van der Waals surface area contributed by atoms with E-state index in [9.17, 15) is 19.2 Å². The van der Waals surface area contributed by atoms with Crippen LogP contribution in [0, 0.1) is 11.8 Å². The lowest BCUT2D eigenvalue weighted by Crippen LogP contribution is -2.53. The SMILES string of the molecule is COC(=O)NC(C(=O)N1CCC[C@H]1c1ncc(-c2ccc3c(c2)cc2n3C(c3nnc(-c4ccccc4)o3)Oc3cc(-c4cnc([C@@H]5CCCN5C(=O)[C@@H](NC(=O)OC)C5CCOCC5)[nH]4)ccc3-2)[nH]1)C1CCOCC1. The maximum atomic E-state index is 14.3. The maximum absolute atomic E-state index is 14.3. The van der Waals surface area contributed by atoms with Crippen molar-refractivity contribution in [3.8, 4) is 51.0 Å². The molecular formula is C55H59N11O10. The summed E-state index contributed by atoms with van der Waals surface area (Å²) in [4.78, 5) is 73.9. The van der Waals surface area contributed by atoms with Crippen molar-refractivity contribution in [2.45, 2.75) is 81.8 Å². The van der Waals surface area contributed by atoms with E-state index < -0.39 is 30.5 Å². The number of methoxy groups -OCH3 is 2. The fraction of sp³-hybridized carbons (Fsp3) is 0.418. The van der Waals surface area contributed by atoms with Crippen molar-refractivity contribution in [1.82, 2.24) is 55.1 Å². The third-order valence-corrected chi connectivity index (χ3v) is 15.7. The van der Waals surface area contributed by atoms with E-state index in [1.807, 2.05) is 70.5 Å². The first-order chi connectivity index (χ1) is 37.2. The highest BCUT2D eigenvalue weighted by atomic mass is 16.5. The number of imidazole rings is 2. The van der Waals surface area contributed by atoms with Crippen LogP contribution in [0.4, 0.5) is 9.59 Å². The smallest absolute Gasteiger partial charge is 0.407 e. The van der Waals surface area contributed by atoms with E-state index in [4.69, 9.17) is 38.1 Å². The highest BCUT2D eigenvalue weighted by Gasteiger charge is 2.42. The molecule has 394 valence electrons. The van der Waals surface area contributed by atoms with Crippen LogP contribution in [0.1, 0.15) is 87.2 Å². The molecule has 0 aliphatic carbocycles. The molecule has 4 fully saturated rings. The summed E-state index contributed by atoms with van der Waals surface area (Å²) in [7, 11) is 2.60. The van der Waals surface area contributed by atoms with E-state index in [0.29, 0.717) is 94.9 Å². The van der Waals surface area contributed by atoms with Crippen molar-refractivity contribution in [2.75, 3.05) is 53.7 Å². The minimum Gasteiger partial charge on any atom is -0.460 e. The number of aromatic amines is 2. The third kappa shape index (κ3) is 9.30. The van der Waals surface area contributed by atoms with Gasteiger partial charge in [0.2, 0.25) is 17.7 Å². The molecule has 0 saturated carbocycles. The van der Waals surface area contributed by atoms with Crippen molar-refractivity contribution in [1.29, 1.82) is 0 Å². The molecule has 7 aromatic rings. The average Bonchev–Trinajstić information content (AvgIpc) is 4.35. The Kier molecular flexibility index (Phi) is 13.5. The van der Waals surface area contributed by atoms with Crippen molar-refractivity contribution in [2.24, 2.45) is 11.8 Å². The lowest BCUT2D eigenvalue weighted by molar-refractivity contribution is -0.137. The van der Waals surface area contributed by atoms with E-state index in [2.05, 4.69) is 47.5 Å². The normalized spacial score (nSPS) is 20.6. The molecule has 5 aliphatic rings. The van der Waals surface area contributed by atoms with Gasteiger partial charge in [0.05, 0.1) is 61.3 Å². The van der Waals surface area contributed by atoms with Crippen LogP contribution in [-0.2, 0) is 28.5 Å². The van der Waals surface area contributed by atoms with Gasteiger partial charge in [-0.25, -0.2) is 19.6 Å². The molecule has 4 amide bonds. The van der Waals surface area contributed by atoms with E-state index >= 15 is 0 Å². The van der Waals surface area contributed by atoms with Gasteiger partial charge >= 0.3 is 12.2 Å². The summed E-state index contributed by atoms with van der Waals surface area (Å²) < 4.78 is 36.4. The standard InChI is InChI=1S/C55H59N11O10/c1-71-54(69)60-45(31-16-22-73-23-17-31)51(67)64-20-6-10-41(64)47-56-29-38(58-47)34-13-15-40-36(26-34)27-43-37-14-12-35(28-44(37)75-53(66(40)43)50-63-62-49(76-50)33-8-4-3-5-9-33)39-30-57-48(59-39)42-11-7-21-65(42)52(68)46(61-55(70)72-2)32-18-24-74-25-19-32/h3-5,8-9,12-15,26-32,41-42,45-46,53H,6-7,10-11,16-25H2,1-2H3,(H,56,58)(H,57,59)(H,60,69)(H,61,70)/t41-,42-,45?,46-,53?/m0/s1. The topological polar surface area (TPSA) is 246 Å². The number of rotatable bonds is 12. The van der Waals surface area contributed by atoms with Gasteiger partial charge in [-0.3, -0.25) is 14.2 Å². The first kappa shape index (κ1) is 48.9. The molecule has 4 N–H and O–H groups in total. The van der Waals surface area contributed by atoms with Gasteiger partial charge in [-0.1, -0.05) is 30.3 Å². The van der Waals surface area contributed by atoms with Gasteiger partial charge in [0.1, 0.15) is 29.5 Å². The first-order valence-corrected chi connectivity index (χ1v) is 26.1. The van der Waals surface area contributed by atoms with Crippen molar-refractivity contribution >= 4 is 34.9 Å². The second-order valence-corrected chi connectivity index (χ2v) is 20.0. The highest BCUT2D eigenvalue weighted by molar-refractivity contribution is 5.93. The van der Waals surface area contributed by atoms with Crippen LogP contribution in [0.3, 0.4) is 0 Å².